The third kappa shape index (κ3) is 4.33. The Morgan fingerprint density at radius 1 is 1.26 bits per heavy atom. The van der Waals surface area contributed by atoms with Crippen molar-refractivity contribution in [2.45, 2.75) is 11.4 Å². The van der Waals surface area contributed by atoms with Gasteiger partial charge in [0.2, 0.25) is 0 Å². The molecule has 0 unspecified atom stereocenters. The number of amides is 1. The zero-order valence-electron chi connectivity index (χ0n) is 12.7. The highest BCUT2D eigenvalue weighted by Crippen LogP contribution is 2.26. The smallest absolute Gasteiger partial charge is 0.284 e. The first-order valence-electron chi connectivity index (χ1n) is 6.74. The molecule has 2 aromatic carbocycles. The molecule has 1 amide bonds. The van der Waals surface area contributed by atoms with E-state index in [2.05, 4.69) is 15.9 Å². The first kappa shape index (κ1) is 17.5. The Morgan fingerprint density at radius 2 is 1.91 bits per heavy atom. The molecule has 0 bridgehead atoms. The predicted octanol–water partition coefficient (Wildman–Crippen LogP) is 4.35. The molecule has 0 heterocycles. The second-order valence-electron chi connectivity index (χ2n) is 4.93. The van der Waals surface area contributed by atoms with Crippen LogP contribution in [0.1, 0.15) is 15.9 Å². The average Bonchev–Trinajstić information content (AvgIpc) is 2.55. The van der Waals surface area contributed by atoms with Gasteiger partial charge < -0.3 is 4.90 Å². The Kier molecular flexibility index (Phi) is 5.79. The minimum Gasteiger partial charge on any atom is -0.337 e. The van der Waals surface area contributed by atoms with Gasteiger partial charge in [-0.1, -0.05) is 12.1 Å². The molecule has 0 aromatic heterocycles. The van der Waals surface area contributed by atoms with Gasteiger partial charge >= 0.3 is 0 Å². The van der Waals surface area contributed by atoms with Gasteiger partial charge in [-0.2, -0.15) is 0 Å². The molecule has 0 aliphatic rings. The topological polar surface area (TPSA) is 63.5 Å². The number of carbonyl (C=O) groups is 1. The molecular formula is C16H15BrN2O3S. The van der Waals surface area contributed by atoms with E-state index in [1.165, 1.54) is 12.1 Å². The maximum absolute atomic E-state index is 12.4. The van der Waals surface area contributed by atoms with E-state index in [-0.39, 0.29) is 11.6 Å². The van der Waals surface area contributed by atoms with Crippen LogP contribution in [0.3, 0.4) is 0 Å². The van der Waals surface area contributed by atoms with Crippen LogP contribution in [0.4, 0.5) is 5.69 Å². The second-order valence-corrected chi connectivity index (χ2v) is 6.67. The van der Waals surface area contributed by atoms with Crippen LogP contribution in [0.15, 0.2) is 51.8 Å². The first-order valence-corrected chi connectivity index (χ1v) is 8.76. The number of nitro groups is 1. The maximum atomic E-state index is 12.4. The number of rotatable bonds is 5. The number of carbonyl (C=O) groups excluding carboxylic acids is 1. The molecule has 5 nitrogen and oxygen atoms in total. The molecule has 0 saturated heterocycles. The third-order valence-electron chi connectivity index (χ3n) is 3.32. The number of nitro benzene ring substituents is 1. The van der Waals surface area contributed by atoms with Crippen molar-refractivity contribution in [1.82, 2.24) is 4.90 Å². The molecule has 0 spiro atoms. The number of hydrogen-bond donors (Lipinski definition) is 0. The number of thioether (sulfide) groups is 1. The summed E-state index contributed by atoms with van der Waals surface area (Å²) in [5.41, 5.74) is 1.18. The summed E-state index contributed by atoms with van der Waals surface area (Å²) in [5, 5.41) is 11.0. The fraction of sp³-hybridized carbons (Fsp3) is 0.188. The Morgan fingerprint density at radius 3 is 2.48 bits per heavy atom. The Labute approximate surface area is 147 Å². The molecule has 0 radical (unpaired) electrons. The van der Waals surface area contributed by atoms with E-state index in [9.17, 15) is 14.9 Å². The van der Waals surface area contributed by atoms with Crippen molar-refractivity contribution in [3.63, 3.8) is 0 Å². The Balaban J connectivity index is 2.15. The lowest BCUT2D eigenvalue weighted by Crippen LogP contribution is -2.26. The fourth-order valence-corrected chi connectivity index (χ4v) is 2.88. The highest BCUT2D eigenvalue weighted by molar-refractivity contribution is 9.10. The van der Waals surface area contributed by atoms with Crippen molar-refractivity contribution in [3.8, 4) is 0 Å². The van der Waals surface area contributed by atoms with Gasteiger partial charge in [-0.3, -0.25) is 14.9 Å². The molecule has 0 atom stereocenters. The van der Waals surface area contributed by atoms with E-state index < -0.39 is 4.92 Å². The van der Waals surface area contributed by atoms with E-state index in [4.69, 9.17) is 0 Å². The van der Waals surface area contributed by atoms with Gasteiger partial charge in [0.15, 0.2) is 0 Å². The van der Waals surface area contributed by atoms with E-state index in [0.29, 0.717) is 16.6 Å². The SMILES string of the molecule is CSc1ccc(CN(C)C(=O)c2ccc(Br)c([N+](=O)[O-])c2)cc1. The number of hydrogen-bond acceptors (Lipinski definition) is 4. The fourth-order valence-electron chi connectivity index (χ4n) is 2.08. The lowest BCUT2D eigenvalue weighted by atomic mass is 10.1. The summed E-state index contributed by atoms with van der Waals surface area (Å²) in [6.07, 6.45) is 2.01. The van der Waals surface area contributed by atoms with Crippen LogP contribution >= 0.6 is 27.7 Å². The van der Waals surface area contributed by atoms with Gasteiger partial charge in [0, 0.05) is 30.1 Å². The van der Waals surface area contributed by atoms with Crippen LogP contribution in [0, 0.1) is 10.1 Å². The number of benzene rings is 2. The summed E-state index contributed by atoms with van der Waals surface area (Å²) in [6.45, 7) is 0.442. The van der Waals surface area contributed by atoms with Gasteiger partial charge in [0.1, 0.15) is 0 Å². The predicted molar refractivity (Wildman–Crippen MR) is 94.8 cm³/mol. The molecule has 0 aliphatic heterocycles. The molecule has 120 valence electrons. The van der Waals surface area contributed by atoms with Crippen LogP contribution in [-0.4, -0.2) is 29.0 Å². The van der Waals surface area contributed by atoms with E-state index >= 15 is 0 Å². The normalized spacial score (nSPS) is 10.4. The van der Waals surface area contributed by atoms with Crippen molar-refractivity contribution in [1.29, 1.82) is 0 Å². The Bertz CT molecular complexity index is 735. The average molecular weight is 395 g/mol. The third-order valence-corrected chi connectivity index (χ3v) is 4.73. The first-order chi connectivity index (χ1) is 10.9. The van der Waals surface area contributed by atoms with Crippen LogP contribution in [0.25, 0.3) is 0 Å². The summed E-state index contributed by atoms with van der Waals surface area (Å²) < 4.78 is 0.356. The minimum absolute atomic E-state index is 0.117. The van der Waals surface area contributed by atoms with E-state index in [0.717, 1.165) is 10.5 Å². The minimum atomic E-state index is -0.512. The summed E-state index contributed by atoms with van der Waals surface area (Å²) in [6, 6.07) is 12.3. The largest absolute Gasteiger partial charge is 0.337 e. The van der Waals surface area contributed by atoms with Gasteiger partial charge in [0.05, 0.1) is 9.40 Å². The van der Waals surface area contributed by atoms with Crippen LogP contribution in [0.5, 0.6) is 0 Å². The van der Waals surface area contributed by atoms with Crippen LogP contribution < -0.4 is 0 Å². The quantitative estimate of drug-likeness (QED) is 0.429. The molecule has 0 N–H and O–H groups in total. The molecule has 0 aliphatic carbocycles. The molecule has 7 heteroatoms. The standard InChI is InChI=1S/C16H15BrN2O3S/c1-18(10-11-3-6-13(23-2)7-4-11)16(20)12-5-8-14(17)15(9-12)19(21)22/h3-9H,10H2,1-2H3. The molecule has 23 heavy (non-hydrogen) atoms. The van der Waals surface area contributed by atoms with Crippen molar-refractivity contribution < 1.29 is 9.72 Å². The van der Waals surface area contributed by atoms with Crippen LogP contribution in [-0.2, 0) is 6.54 Å². The molecule has 2 rings (SSSR count). The highest BCUT2D eigenvalue weighted by atomic mass is 79.9. The van der Waals surface area contributed by atoms with Crippen molar-refractivity contribution >= 4 is 39.3 Å². The second kappa shape index (κ2) is 7.61. The van der Waals surface area contributed by atoms with Crippen molar-refractivity contribution in [3.05, 3.63) is 68.2 Å². The lowest BCUT2D eigenvalue weighted by molar-refractivity contribution is -0.385. The molecular weight excluding hydrogens is 380 g/mol. The number of halogens is 1. The Hall–Kier alpha value is -1.86. The molecule has 2 aromatic rings. The maximum Gasteiger partial charge on any atom is 0.284 e. The zero-order chi connectivity index (χ0) is 17.0. The monoisotopic (exact) mass is 394 g/mol. The highest BCUT2D eigenvalue weighted by Gasteiger charge is 2.18. The number of nitrogens with zero attached hydrogens (tertiary/aromatic N) is 2. The lowest BCUT2D eigenvalue weighted by Gasteiger charge is -2.17. The van der Waals surface area contributed by atoms with E-state index in [1.54, 1.807) is 29.8 Å². The van der Waals surface area contributed by atoms with Gasteiger partial charge in [-0.05, 0) is 52.0 Å². The molecule has 0 saturated carbocycles. The summed E-state index contributed by atoms with van der Waals surface area (Å²) in [4.78, 5) is 25.6. The molecule has 0 fully saturated rings. The summed E-state index contributed by atoms with van der Waals surface area (Å²) >= 11 is 4.77. The summed E-state index contributed by atoms with van der Waals surface area (Å²) in [7, 11) is 1.68. The summed E-state index contributed by atoms with van der Waals surface area (Å²) in [5.74, 6) is -0.255. The zero-order valence-corrected chi connectivity index (χ0v) is 15.1. The van der Waals surface area contributed by atoms with Gasteiger partial charge in [-0.15, -0.1) is 11.8 Å². The van der Waals surface area contributed by atoms with E-state index in [1.807, 2.05) is 30.5 Å². The van der Waals surface area contributed by atoms with Crippen molar-refractivity contribution in [2.75, 3.05) is 13.3 Å². The van der Waals surface area contributed by atoms with Crippen molar-refractivity contribution in [2.24, 2.45) is 0 Å². The van der Waals surface area contributed by atoms with Gasteiger partial charge in [0.25, 0.3) is 11.6 Å². The van der Waals surface area contributed by atoms with Crippen LogP contribution in [0.2, 0.25) is 0 Å². The van der Waals surface area contributed by atoms with Gasteiger partial charge in [-0.25, -0.2) is 0 Å².